The van der Waals surface area contributed by atoms with Crippen molar-refractivity contribution in [2.45, 2.75) is 19.4 Å². The molecule has 0 saturated carbocycles. The highest BCUT2D eigenvalue weighted by molar-refractivity contribution is 5.92. The summed E-state index contributed by atoms with van der Waals surface area (Å²) in [7, 11) is 0. The Morgan fingerprint density at radius 1 is 1.33 bits per heavy atom. The summed E-state index contributed by atoms with van der Waals surface area (Å²) in [5.74, 6) is -0.822. The van der Waals surface area contributed by atoms with Gasteiger partial charge in [0, 0.05) is 6.54 Å². The number of aryl methyl sites for hydroxylation is 2. The van der Waals surface area contributed by atoms with Crippen LogP contribution in [0.2, 0.25) is 0 Å². The molecule has 1 aromatic heterocycles. The number of carbonyl (C=O) groups is 1. The van der Waals surface area contributed by atoms with Gasteiger partial charge < -0.3 is 10.8 Å². The topological polar surface area (TPSA) is 81.1 Å². The summed E-state index contributed by atoms with van der Waals surface area (Å²) in [5, 5.41) is 12.8. The van der Waals surface area contributed by atoms with Crippen LogP contribution in [0.5, 0.6) is 0 Å². The van der Waals surface area contributed by atoms with Gasteiger partial charge in [-0.25, -0.2) is 9.48 Å². The first-order valence-electron chi connectivity index (χ1n) is 5.77. The molecular formula is C13H15N3O2. The monoisotopic (exact) mass is 245 g/mol. The minimum atomic E-state index is -1.04. The Morgan fingerprint density at radius 2 is 2.06 bits per heavy atom. The molecule has 18 heavy (non-hydrogen) atoms. The van der Waals surface area contributed by atoms with Crippen LogP contribution in [0.3, 0.4) is 0 Å². The van der Waals surface area contributed by atoms with Gasteiger partial charge in [0.2, 0.25) is 0 Å². The van der Waals surface area contributed by atoms with E-state index in [1.54, 1.807) is 0 Å². The average molecular weight is 245 g/mol. The average Bonchev–Trinajstić information content (AvgIpc) is 2.73. The van der Waals surface area contributed by atoms with Crippen LogP contribution in [-0.2, 0) is 13.0 Å². The summed E-state index contributed by atoms with van der Waals surface area (Å²) in [6.45, 7) is 0.619. The standard InChI is InChI=1S/C13H15N3O2/c14-12-11(13(17)18)9-15-16(12)8-4-7-10-5-2-1-3-6-10/h1-3,5-6,9H,4,7-8,14H2,(H,17,18). The molecule has 3 N–H and O–H groups in total. The van der Waals surface area contributed by atoms with Gasteiger partial charge in [-0.3, -0.25) is 0 Å². The summed E-state index contributed by atoms with van der Waals surface area (Å²) in [6.07, 6.45) is 3.08. The van der Waals surface area contributed by atoms with Crippen LogP contribution in [0.1, 0.15) is 22.3 Å². The Kier molecular flexibility index (Phi) is 3.62. The van der Waals surface area contributed by atoms with Gasteiger partial charge in [-0.2, -0.15) is 5.10 Å². The molecule has 0 unspecified atom stereocenters. The maximum Gasteiger partial charge on any atom is 0.341 e. The normalized spacial score (nSPS) is 10.4. The zero-order valence-electron chi connectivity index (χ0n) is 9.91. The van der Waals surface area contributed by atoms with Gasteiger partial charge >= 0.3 is 5.97 Å². The highest BCUT2D eigenvalue weighted by atomic mass is 16.4. The number of nitrogen functional groups attached to an aromatic ring is 1. The van der Waals surface area contributed by atoms with E-state index in [9.17, 15) is 4.79 Å². The molecule has 2 rings (SSSR count). The van der Waals surface area contributed by atoms with Crippen LogP contribution >= 0.6 is 0 Å². The number of carboxylic acid groups (broad SMARTS) is 1. The van der Waals surface area contributed by atoms with Gasteiger partial charge in [0.1, 0.15) is 11.4 Å². The highest BCUT2D eigenvalue weighted by Gasteiger charge is 2.13. The molecule has 1 heterocycles. The molecule has 0 aliphatic heterocycles. The van der Waals surface area contributed by atoms with E-state index in [2.05, 4.69) is 17.2 Å². The molecule has 0 radical (unpaired) electrons. The number of nitrogens with zero attached hydrogens (tertiary/aromatic N) is 2. The van der Waals surface area contributed by atoms with Gasteiger partial charge in [0.15, 0.2) is 0 Å². The quantitative estimate of drug-likeness (QED) is 0.841. The fraction of sp³-hybridized carbons (Fsp3) is 0.231. The van der Waals surface area contributed by atoms with Gasteiger partial charge in [0.25, 0.3) is 0 Å². The highest BCUT2D eigenvalue weighted by Crippen LogP contribution is 2.12. The number of aromatic carboxylic acids is 1. The third kappa shape index (κ3) is 2.68. The number of carboxylic acids is 1. The zero-order chi connectivity index (χ0) is 13.0. The fourth-order valence-electron chi connectivity index (χ4n) is 1.82. The minimum absolute atomic E-state index is 0.0645. The number of hydrogen-bond acceptors (Lipinski definition) is 3. The van der Waals surface area contributed by atoms with E-state index in [0.29, 0.717) is 6.54 Å². The van der Waals surface area contributed by atoms with E-state index >= 15 is 0 Å². The lowest BCUT2D eigenvalue weighted by molar-refractivity contribution is 0.0698. The van der Waals surface area contributed by atoms with Crippen LogP contribution in [-0.4, -0.2) is 20.9 Å². The second-order valence-electron chi connectivity index (χ2n) is 4.06. The van der Waals surface area contributed by atoms with Gasteiger partial charge in [-0.05, 0) is 18.4 Å². The smallest absolute Gasteiger partial charge is 0.341 e. The number of hydrogen-bond donors (Lipinski definition) is 2. The van der Waals surface area contributed by atoms with Gasteiger partial charge in [-0.15, -0.1) is 0 Å². The number of aromatic nitrogens is 2. The minimum Gasteiger partial charge on any atom is -0.477 e. The van der Waals surface area contributed by atoms with Gasteiger partial charge in [0.05, 0.1) is 6.20 Å². The zero-order valence-corrected chi connectivity index (χ0v) is 9.91. The maximum absolute atomic E-state index is 10.8. The van der Waals surface area contributed by atoms with Crippen LogP contribution in [0.4, 0.5) is 5.82 Å². The van der Waals surface area contributed by atoms with E-state index in [1.165, 1.54) is 16.4 Å². The van der Waals surface area contributed by atoms with Gasteiger partial charge in [-0.1, -0.05) is 30.3 Å². The third-order valence-corrected chi connectivity index (χ3v) is 2.79. The lowest BCUT2D eigenvalue weighted by Gasteiger charge is -2.04. The van der Waals surface area contributed by atoms with E-state index in [1.807, 2.05) is 18.2 Å². The van der Waals surface area contributed by atoms with Crippen molar-refractivity contribution in [1.29, 1.82) is 0 Å². The summed E-state index contributed by atoms with van der Waals surface area (Å²) in [5.41, 5.74) is 7.02. The number of benzene rings is 1. The van der Waals surface area contributed by atoms with Crippen molar-refractivity contribution >= 4 is 11.8 Å². The van der Waals surface area contributed by atoms with Crippen molar-refractivity contribution in [3.63, 3.8) is 0 Å². The molecule has 5 heteroatoms. The van der Waals surface area contributed by atoms with Crippen molar-refractivity contribution in [2.75, 3.05) is 5.73 Å². The van der Waals surface area contributed by atoms with Crippen molar-refractivity contribution in [3.8, 4) is 0 Å². The molecule has 0 fully saturated rings. The van der Waals surface area contributed by atoms with E-state index < -0.39 is 5.97 Å². The molecular weight excluding hydrogens is 230 g/mol. The van der Waals surface area contributed by atoms with Crippen molar-refractivity contribution in [1.82, 2.24) is 9.78 Å². The van der Waals surface area contributed by atoms with Crippen LogP contribution in [0.25, 0.3) is 0 Å². The number of anilines is 1. The van der Waals surface area contributed by atoms with E-state index in [0.717, 1.165) is 12.8 Å². The second-order valence-corrected chi connectivity index (χ2v) is 4.06. The lowest BCUT2D eigenvalue weighted by Crippen LogP contribution is -2.08. The molecule has 0 aliphatic carbocycles. The Balaban J connectivity index is 1.93. The van der Waals surface area contributed by atoms with Crippen molar-refractivity contribution in [2.24, 2.45) is 0 Å². The Morgan fingerprint density at radius 3 is 2.67 bits per heavy atom. The Labute approximate surface area is 105 Å². The van der Waals surface area contributed by atoms with Crippen LogP contribution in [0, 0.1) is 0 Å². The fourth-order valence-corrected chi connectivity index (χ4v) is 1.82. The largest absolute Gasteiger partial charge is 0.477 e. The molecule has 0 atom stereocenters. The first-order chi connectivity index (χ1) is 8.68. The van der Waals surface area contributed by atoms with Crippen molar-refractivity contribution < 1.29 is 9.90 Å². The Hall–Kier alpha value is -2.30. The second kappa shape index (κ2) is 5.35. The number of rotatable bonds is 5. The SMILES string of the molecule is Nc1c(C(=O)O)cnn1CCCc1ccccc1. The summed E-state index contributed by atoms with van der Waals surface area (Å²) in [4.78, 5) is 10.8. The molecule has 2 aromatic rings. The first-order valence-corrected chi connectivity index (χ1v) is 5.77. The molecule has 0 saturated heterocycles. The molecule has 1 aromatic carbocycles. The van der Waals surface area contributed by atoms with Crippen molar-refractivity contribution in [3.05, 3.63) is 47.7 Å². The molecule has 5 nitrogen and oxygen atoms in total. The maximum atomic E-state index is 10.8. The van der Waals surface area contributed by atoms with E-state index in [4.69, 9.17) is 10.8 Å². The third-order valence-electron chi connectivity index (χ3n) is 2.79. The lowest BCUT2D eigenvalue weighted by atomic mass is 10.1. The van der Waals surface area contributed by atoms with E-state index in [-0.39, 0.29) is 11.4 Å². The summed E-state index contributed by atoms with van der Waals surface area (Å²) < 4.78 is 1.53. The predicted molar refractivity (Wildman–Crippen MR) is 68.4 cm³/mol. The summed E-state index contributed by atoms with van der Waals surface area (Å²) >= 11 is 0. The molecule has 0 aliphatic rings. The first kappa shape index (κ1) is 12.2. The molecule has 94 valence electrons. The van der Waals surface area contributed by atoms with Crippen LogP contribution < -0.4 is 5.73 Å². The molecule has 0 amide bonds. The molecule has 0 bridgehead atoms. The predicted octanol–water partition coefficient (Wildman–Crippen LogP) is 1.80. The summed E-state index contributed by atoms with van der Waals surface area (Å²) in [6, 6.07) is 10.1. The van der Waals surface area contributed by atoms with Crippen LogP contribution in [0.15, 0.2) is 36.5 Å². The molecule has 0 spiro atoms. The number of nitrogens with two attached hydrogens (primary N) is 1. The Bertz CT molecular complexity index is 534.